The van der Waals surface area contributed by atoms with Gasteiger partial charge in [0.05, 0.1) is 5.41 Å². The molecule has 0 spiro atoms. The van der Waals surface area contributed by atoms with Gasteiger partial charge in [0.2, 0.25) is 0 Å². The van der Waals surface area contributed by atoms with E-state index in [1.165, 1.54) is 6.26 Å². The Kier molecular flexibility index (Phi) is 3.79. The molecule has 0 bridgehead atoms. The van der Waals surface area contributed by atoms with Crippen LogP contribution in [-0.4, -0.2) is 34.8 Å². The minimum atomic E-state index is -0.484. The summed E-state index contributed by atoms with van der Waals surface area (Å²) in [5.74, 6) is 0.0196. The normalized spacial score (nSPS) is 17.2. The van der Waals surface area contributed by atoms with Crippen LogP contribution < -0.4 is 0 Å². The van der Waals surface area contributed by atoms with Crippen LogP contribution in [0.1, 0.15) is 35.8 Å². The van der Waals surface area contributed by atoms with Crippen LogP contribution >= 0.6 is 0 Å². The summed E-state index contributed by atoms with van der Waals surface area (Å²) in [5.41, 5.74) is 0.869. The maximum atomic E-state index is 12.3. The van der Waals surface area contributed by atoms with Crippen molar-refractivity contribution < 1.29 is 14.1 Å². The molecular weight excluding hydrogens is 280 g/mol. The molecular formula is C17H18N2O3. The minimum Gasteiger partial charge on any atom is -0.364 e. The highest BCUT2D eigenvalue weighted by Crippen LogP contribution is 2.36. The van der Waals surface area contributed by atoms with Crippen molar-refractivity contribution in [1.29, 1.82) is 0 Å². The van der Waals surface area contributed by atoms with Gasteiger partial charge in [-0.05, 0) is 25.3 Å². The number of nitrogens with zero attached hydrogens (tertiary/aromatic N) is 2. The van der Waals surface area contributed by atoms with Gasteiger partial charge in [0.25, 0.3) is 5.91 Å². The van der Waals surface area contributed by atoms with Crippen LogP contribution in [0.4, 0.5) is 0 Å². The molecule has 1 saturated heterocycles. The fourth-order valence-electron chi connectivity index (χ4n) is 3.18. The zero-order valence-corrected chi connectivity index (χ0v) is 12.5. The van der Waals surface area contributed by atoms with Gasteiger partial charge in [-0.1, -0.05) is 35.5 Å². The highest BCUT2D eigenvalue weighted by atomic mass is 16.5. The van der Waals surface area contributed by atoms with Crippen LogP contribution in [0.5, 0.6) is 0 Å². The Morgan fingerprint density at radius 3 is 2.36 bits per heavy atom. The molecule has 1 aromatic carbocycles. The van der Waals surface area contributed by atoms with E-state index < -0.39 is 5.41 Å². The molecule has 0 N–H and O–H groups in total. The van der Waals surface area contributed by atoms with E-state index in [9.17, 15) is 9.59 Å². The number of carbonyl (C=O) groups is 2. The predicted molar refractivity (Wildman–Crippen MR) is 80.4 cm³/mol. The summed E-state index contributed by atoms with van der Waals surface area (Å²) in [4.78, 5) is 26.3. The molecule has 3 rings (SSSR count). The van der Waals surface area contributed by atoms with E-state index >= 15 is 0 Å². The zero-order chi connectivity index (χ0) is 15.6. The number of aromatic nitrogens is 1. The molecule has 1 fully saturated rings. The Morgan fingerprint density at radius 2 is 1.82 bits per heavy atom. The zero-order valence-electron chi connectivity index (χ0n) is 12.5. The molecule has 0 unspecified atom stereocenters. The van der Waals surface area contributed by atoms with E-state index in [1.54, 1.807) is 17.9 Å². The lowest BCUT2D eigenvalue weighted by molar-refractivity contribution is -0.124. The van der Waals surface area contributed by atoms with Crippen molar-refractivity contribution in [2.75, 3.05) is 13.1 Å². The molecule has 0 radical (unpaired) electrons. The molecule has 2 heterocycles. The monoisotopic (exact) mass is 298 g/mol. The number of carbonyl (C=O) groups excluding carboxylic acids is 2. The Hall–Kier alpha value is -2.43. The van der Waals surface area contributed by atoms with Crippen LogP contribution in [0, 0.1) is 0 Å². The summed E-state index contributed by atoms with van der Waals surface area (Å²) in [5, 5.41) is 3.69. The smallest absolute Gasteiger partial charge is 0.276 e. The number of hydrogen-bond acceptors (Lipinski definition) is 4. The van der Waals surface area contributed by atoms with Gasteiger partial charge in [-0.25, -0.2) is 0 Å². The SMILES string of the molecule is CC(=O)C1(c2ccccc2)CCN(C(=O)c2ccon2)CC1. The van der Waals surface area contributed by atoms with Crippen molar-refractivity contribution in [2.45, 2.75) is 25.2 Å². The lowest BCUT2D eigenvalue weighted by Crippen LogP contribution is -2.48. The van der Waals surface area contributed by atoms with E-state index in [0.29, 0.717) is 31.6 Å². The average Bonchev–Trinajstić information content (AvgIpc) is 3.09. The van der Waals surface area contributed by atoms with Crippen LogP contribution in [0.2, 0.25) is 0 Å². The molecule has 0 saturated carbocycles. The summed E-state index contributed by atoms with van der Waals surface area (Å²) >= 11 is 0. The molecule has 22 heavy (non-hydrogen) atoms. The van der Waals surface area contributed by atoms with Crippen LogP contribution in [0.25, 0.3) is 0 Å². The fraction of sp³-hybridized carbons (Fsp3) is 0.353. The molecule has 0 atom stereocenters. The van der Waals surface area contributed by atoms with Gasteiger partial charge in [-0.3, -0.25) is 9.59 Å². The topological polar surface area (TPSA) is 63.4 Å². The third-order valence-corrected chi connectivity index (χ3v) is 4.56. The van der Waals surface area contributed by atoms with Crippen molar-refractivity contribution in [2.24, 2.45) is 0 Å². The van der Waals surface area contributed by atoms with Gasteiger partial charge < -0.3 is 9.42 Å². The fourth-order valence-corrected chi connectivity index (χ4v) is 3.18. The molecule has 1 aliphatic rings. The van der Waals surface area contributed by atoms with E-state index in [0.717, 1.165) is 5.56 Å². The quantitative estimate of drug-likeness (QED) is 0.873. The Labute approximate surface area is 128 Å². The highest BCUT2D eigenvalue weighted by molar-refractivity contribution is 5.93. The van der Waals surface area contributed by atoms with Gasteiger partial charge in [0.15, 0.2) is 5.69 Å². The van der Waals surface area contributed by atoms with Crippen molar-refractivity contribution in [3.8, 4) is 0 Å². The number of hydrogen-bond donors (Lipinski definition) is 0. The second-order valence-electron chi connectivity index (χ2n) is 5.68. The van der Waals surface area contributed by atoms with Crippen molar-refractivity contribution in [3.63, 3.8) is 0 Å². The van der Waals surface area contributed by atoms with Gasteiger partial charge in [-0.15, -0.1) is 0 Å². The number of piperidine rings is 1. The molecule has 0 aliphatic carbocycles. The largest absolute Gasteiger partial charge is 0.364 e. The lowest BCUT2D eigenvalue weighted by Gasteiger charge is -2.40. The number of Topliss-reactive ketones (excluding diaryl/α,β-unsaturated/α-hetero) is 1. The van der Waals surface area contributed by atoms with Crippen molar-refractivity contribution in [3.05, 3.63) is 53.9 Å². The first-order valence-corrected chi connectivity index (χ1v) is 7.40. The third kappa shape index (κ3) is 2.43. The number of likely N-dealkylation sites (tertiary alicyclic amines) is 1. The Morgan fingerprint density at radius 1 is 1.14 bits per heavy atom. The summed E-state index contributed by atoms with van der Waals surface area (Å²) in [6.07, 6.45) is 2.66. The van der Waals surface area contributed by atoms with Gasteiger partial charge in [-0.2, -0.15) is 0 Å². The Bertz CT molecular complexity index is 656. The second-order valence-corrected chi connectivity index (χ2v) is 5.68. The van der Waals surface area contributed by atoms with Crippen LogP contribution in [0.3, 0.4) is 0 Å². The Balaban J connectivity index is 1.79. The maximum absolute atomic E-state index is 12.3. The molecule has 2 aromatic rings. The van der Waals surface area contributed by atoms with E-state index in [4.69, 9.17) is 4.52 Å². The van der Waals surface area contributed by atoms with E-state index in [-0.39, 0.29) is 11.7 Å². The first-order valence-electron chi connectivity index (χ1n) is 7.40. The van der Waals surface area contributed by atoms with E-state index in [1.807, 2.05) is 30.3 Å². The lowest BCUT2D eigenvalue weighted by atomic mass is 9.70. The standard InChI is InChI=1S/C17H18N2O3/c1-13(20)17(14-5-3-2-4-6-14)8-10-19(11-9-17)16(21)15-7-12-22-18-15/h2-7,12H,8-11H2,1H3. The first kappa shape index (κ1) is 14.5. The number of amides is 1. The minimum absolute atomic E-state index is 0.140. The summed E-state index contributed by atoms with van der Waals surface area (Å²) < 4.78 is 4.72. The first-order chi connectivity index (χ1) is 10.6. The molecule has 1 aliphatic heterocycles. The van der Waals surface area contributed by atoms with Crippen molar-refractivity contribution in [1.82, 2.24) is 10.1 Å². The van der Waals surface area contributed by atoms with Crippen molar-refractivity contribution >= 4 is 11.7 Å². The van der Waals surface area contributed by atoms with Crippen LogP contribution in [0.15, 0.2) is 47.2 Å². The number of ketones is 1. The molecule has 1 aromatic heterocycles. The highest BCUT2D eigenvalue weighted by Gasteiger charge is 2.41. The average molecular weight is 298 g/mol. The van der Waals surface area contributed by atoms with Gasteiger partial charge >= 0.3 is 0 Å². The molecule has 5 nitrogen and oxygen atoms in total. The van der Waals surface area contributed by atoms with Gasteiger partial charge in [0, 0.05) is 19.2 Å². The molecule has 114 valence electrons. The third-order valence-electron chi connectivity index (χ3n) is 4.56. The molecule has 5 heteroatoms. The van der Waals surface area contributed by atoms with E-state index in [2.05, 4.69) is 5.16 Å². The summed E-state index contributed by atoms with van der Waals surface area (Å²) in [6, 6.07) is 11.4. The second kappa shape index (κ2) is 5.75. The van der Waals surface area contributed by atoms with Crippen LogP contribution in [-0.2, 0) is 10.2 Å². The van der Waals surface area contributed by atoms with Gasteiger partial charge in [0.1, 0.15) is 12.0 Å². The summed E-state index contributed by atoms with van der Waals surface area (Å²) in [6.45, 7) is 2.72. The number of benzene rings is 1. The predicted octanol–water partition coefficient (Wildman–Crippen LogP) is 2.44. The summed E-state index contributed by atoms with van der Waals surface area (Å²) in [7, 11) is 0. The number of rotatable bonds is 3. The maximum Gasteiger partial charge on any atom is 0.276 e. The molecule has 1 amide bonds.